The Balaban J connectivity index is 2.08. The number of aryl methyl sites for hydroxylation is 1. The minimum Gasteiger partial charge on any atom is -0.507 e. The van der Waals surface area contributed by atoms with Crippen LogP contribution in [0.4, 0.5) is 5.69 Å². The topological polar surface area (TPSA) is 44.6 Å². The van der Waals surface area contributed by atoms with E-state index in [0.29, 0.717) is 5.56 Å². The number of nitrogens with one attached hydrogen (secondary N) is 1. The van der Waals surface area contributed by atoms with Crippen molar-refractivity contribution in [1.82, 2.24) is 0 Å². The van der Waals surface area contributed by atoms with E-state index >= 15 is 0 Å². The van der Waals surface area contributed by atoms with Gasteiger partial charge in [-0.2, -0.15) is 5.10 Å². The number of phenolic OH excluding ortho intramolecular Hbond substituents is 1. The molecule has 0 unspecified atom stereocenters. The zero-order valence-corrected chi connectivity index (χ0v) is 9.59. The summed E-state index contributed by atoms with van der Waals surface area (Å²) in [4.78, 5) is 0. The quantitative estimate of drug-likeness (QED) is 0.623. The monoisotopic (exact) mass is 226 g/mol. The molecule has 0 aliphatic heterocycles. The molecular weight excluding hydrogens is 212 g/mol. The Hall–Kier alpha value is -2.29. The number of phenols is 1. The predicted octanol–water partition coefficient (Wildman–Crippen LogP) is 3.15. The lowest BCUT2D eigenvalue weighted by Gasteiger charge is -2.01. The Kier molecular flexibility index (Phi) is 3.40. The Morgan fingerprint density at radius 2 is 1.88 bits per heavy atom. The lowest BCUT2D eigenvalue weighted by Crippen LogP contribution is -1.91. The second-order valence-electron chi connectivity index (χ2n) is 3.80. The summed E-state index contributed by atoms with van der Waals surface area (Å²) in [5.41, 5.74) is 5.60. The van der Waals surface area contributed by atoms with E-state index in [9.17, 15) is 5.11 Å². The summed E-state index contributed by atoms with van der Waals surface area (Å²) in [6.45, 7) is 1.97. The van der Waals surface area contributed by atoms with Crippen molar-refractivity contribution in [2.24, 2.45) is 5.10 Å². The SMILES string of the molecule is Cc1ccc(O)c(/C=N/Nc2ccccc2)c1. The van der Waals surface area contributed by atoms with Gasteiger partial charge in [0.1, 0.15) is 5.75 Å². The van der Waals surface area contributed by atoms with E-state index < -0.39 is 0 Å². The highest BCUT2D eigenvalue weighted by Crippen LogP contribution is 2.16. The fraction of sp³-hybridized carbons (Fsp3) is 0.0714. The van der Waals surface area contributed by atoms with E-state index in [0.717, 1.165) is 11.3 Å². The molecule has 0 aliphatic rings. The van der Waals surface area contributed by atoms with E-state index in [1.54, 1.807) is 12.3 Å². The number of rotatable bonds is 3. The molecule has 0 aliphatic carbocycles. The van der Waals surface area contributed by atoms with Gasteiger partial charge in [-0.25, -0.2) is 0 Å². The van der Waals surface area contributed by atoms with Crippen LogP contribution in [0, 0.1) is 6.92 Å². The second-order valence-corrected chi connectivity index (χ2v) is 3.80. The van der Waals surface area contributed by atoms with E-state index in [4.69, 9.17) is 0 Å². The van der Waals surface area contributed by atoms with Gasteiger partial charge < -0.3 is 5.11 Å². The van der Waals surface area contributed by atoms with Gasteiger partial charge in [-0.1, -0.05) is 29.8 Å². The zero-order valence-electron chi connectivity index (χ0n) is 9.59. The van der Waals surface area contributed by atoms with Crippen LogP contribution in [-0.4, -0.2) is 11.3 Å². The summed E-state index contributed by atoms with van der Waals surface area (Å²) in [7, 11) is 0. The van der Waals surface area contributed by atoms with Crippen molar-refractivity contribution < 1.29 is 5.11 Å². The van der Waals surface area contributed by atoms with Crippen molar-refractivity contribution in [3.63, 3.8) is 0 Å². The van der Waals surface area contributed by atoms with Crippen molar-refractivity contribution in [2.45, 2.75) is 6.92 Å². The van der Waals surface area contributed by atoms with Crippen LogP contribution in [0.25, 0.3) is 0 Å². The third-order valence-corrected chi connectivity index (χ3v) is 2.35. The van der Waals surface area contributed by atoms with Crippen LogP contribution in [-0.2, 0) is 0 Å². The molecule has 3 nitrogen and oxygen atoms in total. The Bertz CT molecular complexity index is 521. The lowest BCUT2D eigenvalue weighted by molar-refractivity contribution is 0.474. The molecule has 2 N–H and O–H groups in total. The molecule has 0 saturated heterocycles. The van der Waals surface area contributed by atoms with Gasteiger partial charge in [-0.3, -0.25) is 5.43 Å². The van der Waals surface area contributed by atoms with Crippen LogP contribution in [0.1, 0.15) is 11.1 Å². The average molecular weight is 226 g/mol. The standard InChI is InChI=1S/C14H14N2O/c1-11-7-8-14(17)12(9-11)10-15-16-13-5-3-2-4-6-13/h2-10,16-17H,1H3/b15-10+. The van der Waals surface area contributed by atoms with Crippen molar-refractivity contribution in [3.05, 3.63) is 59.7 Å². The number of hydrazone groups is 1. The molecule has 0 fully saturated rings. The van der Waals surface area contributed by atoms with Crippen LogP contribution in [0.2, 0.25) is 0 Å². The molecule has 0 aromatic heterocycles. The van der Waals surface area contributed by atoms with Crippen molar-refractivity contribution in [2.75, 3.05) is 5.43 Å². The Labute approximate surface area is 100 Å². The maximum atomic E-state index is 9.61. The average Bonchev–Trinajstić information content (AvgIpc) is 2.35. The Morgan fingerprint density at radius 1 is 1.12 bits per heavy atom. The van der Waals surface area contributed by atoms with E-state index in [1.807, 2.05) is 49.4 Å². The van der Waals surface area contributed by atoms with Crippen LogP contribution in [0.3, 0.4) is 0 Å². The van der Waals surface area contributed by atoms with E-state index in [1.165, 1.54) is 0 Å². The van der Waals surface area contributed by atoms with Crippen molar-refractivity contribution >= 4 is 11.9 Å². The van der Waals surface area contributed by atoms with Gasteiger partial charge in [-0.15, -0.1) is 0 Å². The number of hydrogen-bond donors (Lipinski definition) is 2. The first-order chi connectivity index (χ1) is 8.25. The lowest BCUT2D eigenvalue weighted by atomic mass is 10.1. The number of benzene rings is 2. The molecule has 2 aromatic rings. The largest absolute Gasteiger partial charge is 0.507 e. The Morgan fingerprint density at radius 3 is 2.65 bits per heavy atom. The molecule has 2 rings (SSSR count). The fourth-order valence-corrected chi connectivity index (χ4v) is 1.47. The third kappa shape index (κ3) is 3.08. The first kappa shape index (κ1) is 11.2. The fourth-order valence-electron chi connectivity index (χ4n) is 1.47. The van der Waals surface area contributed by atoms with Crippen LogP contribution < -0.4 is 5.43 Å². The van der Waals surface area contributed by atoms with Crippen molar-refractivity contribution in [1.29, 1.82) is 0 Å². The number of nitrogens with zero attached hydrogens (tertiary/aromatic N) is 1. The molecule has 0 bridgehead atoms. The van der Waals surface area contributed by atoms with Gasteiger partial charge in [0.15, 0.2) is 0 Å². The highest BCUT2D eigenvalue weighted by Gasteiger charge is 1.97. The molecule has 0 atom stereocenters. The molecule has 3 heteroatoms. The minimum absolute atomic E-state index is 0.231. The highest BCUT2D eigenvalue weighted by atomic mass is 16.3. The van der Waals surface area contributed by atoms with Crippen LogP contribution in [0.5, 0.6) is 5.75 Å². The highest BCUT2D eigenvalue weighted by molar-refractivity contribution is 5.84. The number of para-hydroxylation sites is 1. The molecule has 0 heterocycles. The summed E-state index contributed by atoms with van der Waals surface area (Å²) in [6.07, 6.45) is 1.61. The molecule has 0 saturated carbocycles. The number of hydrogen-bond acceptors (Lipinski definition) is 3. The molecule has 0 radical (unpaired) electrons. The van der Waals surface area contributed by atoms with Crippen molar-refractivity contribution in [3.8, 4) is 5.75 Å². The maximum absolute atomic E-state index is 9.61. The number of aromatic hydroxyl groups is 1. The van der Waals surface area contributed by atoms with Gasteiger partial charge in [-0.05, 0) is 31.2 Å². The summed E-state index contributed by atoms with van der Waals surface area (Å²) in [5, 5.41) is 13.7. The molecular formula is C14H14N2O. The summed E-state index contributed by atoms with van der Waals surface area (Å²) < 4.78 is 0. The molecule has 0 spiro atoms. The minimum atomic E-state index is 0.231. The van der Waals surface area contributed by atoms with E-state index in [2.05, 4.69) is 10.5 Å². The smallest absolute Gasteiger partial charge is 0.124 e. The van der Waals surface area contributed by atoms with Gasteiger partial charge in [0, 0.05) is 5.56 Å². The first-order valence-electron chi connectivity index (χ1n) is 5.39. The third-order valence-electron chi connectivity index (χ3n) is 2.35. The predicted molar refractivity (Wildman–Crippen MR) is 70.5 cm³/mol. The van der Waals surface area contributed by atoms with Crippen LogP contribution in [0.15, 0.2) is 53.6 Å². The zero-order chi connectivity index (χ0) is 12.1. The van der Waals surface area contributed by atoms with Crippen LogP contribution >= 0.6 is 0 Å². The van der Waals surface area contributed by atoms with Gasteiger partial charge in [0.2, 0.25) is 0 Å². The van der Waals surface area contributed by atoms with Gasteiger partial charge in [0.05, 0.1) is 11.9 Å². The van der Waals surface area contributed by atoms with Gasteiger partial charge in [0.25, 0.3) is 0 Å². The maximum Gasteiger partial charge on any atom is 0.124 e. The number of anilines is 1. The summed E-state index contributed by atoms with van der Waals surface area (Å²) >= 11 is 0. The van der Waals surface area contributed by atoms with E-state index in [-0.39, 0.29) is 5.75 Å². The summed E-state index contributed by atoms with van der Waals surface area (Å²) in [6, 6.07) is 15.1. The molecule has 86 valence electrons. The molecule has 2 aromatic carbocycles. The first-order valence-corrected chi connectivity index (χ1v) is 5.39. The normalized spacial score (nSPS) is 10.6. The summed E-state index contributed by atoms with van der Waals surface area (Å²) in [5.74, 6) is 0.231. The molecule has 0 amide bonds. The second kappa shape index (κ2) is 5.16. The van der Waals surface area contributed by atoms with Gasteiger partial charge >= 0.3 is 0 Å². The molecule has 17 heavy (non-hydrogen) atoms.